The zero-order valence-electron chi connectivity index (χ0n) is 69.1. The molecule has 0 aliphatic carbocycles. The van der Waals surface area contributed by atoms with Crippen LogP contribution in [-0.2, 0) is 9.59 Å². The fourth-order valence-corrected chi connectivity index (χ4v) is 13.8. The number of rotatable bonds is 82. The summed E-state index contributed by atoms with van der Waals surface area (Å²) in [6.45, 7) is 38.4. The minimum atomic E-state index is 0.105. The maximum atomic E-state index is 13.7. The highest BCUT2D eigenvalue weighted by molar-refractivity contribution is 5.76. The first-order valence-corrected chi connectivity index (χ1v) is 44.6. The van der Waals surface area contributed by atoms with E-state index in [0.717, 1.165) is 105 Å². The quantitative estimate of drug-likeness (QED) is 0.0579. The molecule has 0 radical (unpaired) electrons. The highest BCUT2D eigenvalue weighted by Gasteiger charge is 2.14. The number of hydrogen-bond acceptors (Lipinski definition) is 9. The lowest BCUT2D eigenvalue weighted by Crippen LogP contribution is -2.39. The van der Waals surface area contributed by atoms with Gasteiger partial charge in [-0.1, -0.05) is 343 Å². The summed E-state index contributed by atoms with van der Waals surface area (Å²) in [6, 6.07) is 0. The Morgan fingerprint density at radius 2 is 0.400 bits per heavy atom. The van der Waals surface area contributed by atoms with E-state index < -0.39 is 0 Å². The van der Waals surface area contributed by atoms with Gasteiger partial charge >= 0.3 is 0 Å². The van der Waals surface area contributed by atoms with E-state index in [1.807, 2.05) is 0 Å². The minimum absolute atomic E-state index is 0.105. The second kappa shape index (κ2) is 80.1. The van der Waals surface area contributed by atoms with Crippen molar-refractivity contribution in [2.75, 3.05) is 124 Å². The molecule has 11 nitrogen and oxygen atoms in total. The molecule has 0 atom stereocenters. The number of carbonyl (C=O) groups excluding carboxylic acids is 2. The van der Waals surface area contributed by atoms with Crippen molar-refractivity contribution in [2.24, 2.45) is 0 Å². The van der Waals surface area contributed by atoms with Crippen LogP contribution in [0.4, 0.5) is 0 Å². The van der Waals surface area contributed by atoms with Gasteiger partial charge < -0.3 is 35.1 Å². The van der Waals surface area contributed by atoms with Crippen LogP contribution in [0, 0.1) is 0 Å². The van der Waals surface area contributed by atoms with Gasteiger partial charge in [0.25, 0.3) is 0 Å². The summed E-state index contributed by atoms with van der Waals surface area (Å²) in [7, 11) is 0. The van der Waals surface area contributed by atoms with Crippen molar-refractivity contribution < 1.29 is 9.59 Å². The van der Waals surface area contributed by atoms with E-state index in [9.17, 15) is 9.59 Å². The molecule has 11 heteroatoms. The Bertz CT molecular complexity index is 1490. The van der Waals surface area contributed by atoms with Crippen molar-refractivity contribution in [2.45, 2.75) is 390 Å². The van der Waals surface area contributed by atoms with Gasteiger partial charge in [0, 0.05) is 131 Å². The Balaban J connectivity index is 6.21. The average Bonchev–Trinajstić information content (AvgIpc) is 3.79. The van der Waals surface area contributed by atoms with Gasteiger partial charge in [-0.05, 0) is 89.1 Å². The lowest BCUT2D eigenvalue weighted by atomic mass is 10.1. The van der Waals surface area contributed by atoms with Crippen LogP contribution in [0.2, 0.25) is 0 Å². The third-order valence-electron chi connectivity index (χ3n) is 20.5. The number of unbranched alkanes of at least 4 members (excludes halogenated alkanes) is 40. The number of amides is 2. The average molecular weight is 1410 g/mol. The summed E-state index contributed by atoms with van der Waals surface area (Å²) >= 11 is 0. The third kappa shape index (κ3) is 69.4. The molecule has 0 heterocycles. The molecule has 100 heavy (non-hydrogen) atoms. The first-order valence-electron chi connectivity index (χ1n) is 44.6. The standard InChI is InChI=1S/C89H177N9O2/c1-10-19-27-35-43-51-68-93(69-52-44-36-28-20-11-2)76-59-80-97(81-60-77-94(70-53-45-37-29-21-12-3)71-54-46-38-30-22-13-4)86-65-90-88(99)63-84-92(67-18-9)85-64-89(100)91-66-87-98(82-61-78-95(72-55-47-39-31-23-14-5)73-56-48-40-32-24-15-6)83-62-79-96(74-57-49-41-33-25-16-7)75-58-50-42-34-26-17-8/h59-62,76-79H,10-58,63-75,80-87H2,1-9H3,(H,90,99)(H,91,100)/b76-59+,77-60+,78-61+,79-62+. The molecular weight excluding hydrogens is 1230 g/mol. The molecule has 2 amide bonds. The smallest absolute Gasteiger partial charge is 0.221 e. The lowest BCUT2D eigenvalue weighted by Gasteiger charge is -2.24. The van der Waals surface area contributed by atoms with Crippen molar-refractivity contribution in [3.8, 4) is 0 Å². The van der Waals surface area contributed by atoms with E-state index in [0.29, 0.717) is 39.0 Å². The van der Waals surface area contributed by atoms with Crippen LogP contribution in [0.1, 0.15) is 390 Å². The second-order valence-electron chi connectivity index (χ2n) is 30.4. The molecule has 0 saturated carbocycles. The maximum Gasteiger partial charge on any atom is 0.221 e. The van der Waals surface area contributed by atoms with Crippen molar-refractivity contribution in [3.63, 3.8) is 0 Å². The van der Waals surface area contributed by atoms with Crippen LogP contribution in [0.3, 0.4) is 0 Å². The summed E-state index contributed by atoms with van der Waals surface area (Å²) in [5, 5.41) is 6.68. The molecule has 0 unspecified atom stereocenters. The maximum absolute atomic E-state index is 13.7. The van der Waals surface area contributed by atoms with E-state index >= 15 is 0 Å². The fourth-order valence-electron chi connectivity index (χ4n) is 13.8. The fraction of sp³-hybridized carbons (Fsp3) is 0.888. The van der Waals surface area contributed by atoms with E-state index in [1.165, 1.54) is 308 Å². The molecule has 590 valence electrons. The molecule has 0 aromatic carbocycles. The summed E-state index contributed by atoms with van der Waals surface area (Å²) in [6.07, 6.45) is 84.8. The topological polar surface area (TPSA) is 80.9 Å². The van der Waals surface area contributed by atoms with Crippen molar-refractivity contribution in [1.29, 1.82) is 0 Å². The van der Waals surface area contributed by atoms with Gasteiger partial charge in [-0.3, -0.25) is 19.4 Å². The van der Waals surface area contributed by atoms with Crippen LogP contribution in [0.15, 0.2) is 49.1 Å². The minimum Gasteiger partial charge on any atom is -0.378 e. The number of carbonyl (C=O) groups is 2. The summed E-state index contributed by atoms with van der Waals surface area (Å²) in [5.74, 6) is 0.211. The monoisotopic (exact) mass is 1400 g/mol. The summed E-state index contributed by atoms with van der Waals surface area (Å²) in [4.78, 5) is 45.2. The molecular formula is C89H177N9O2. The molecule has 0 bridgehead atoms. The Kier molecular flexibility index (Phi) is 77.7. The molecule has 0 fully saturated rings. The predicted molar refractivity (Wildman–Crippen MR) is 445 cm³/mol. The molecule has 0 aromatic heterocycles. The highest BCUT2D eigenvalue weighted by atomic mass is 16.2. The largest absolute Gasteiger partial charge is 0.378 e. The zero-order chi connectivity index (χ0) is 72.8. The van der Waals surface area contributed by atoms with Gasteiger partial charge in [0.05, 0.1) is 0 Å². The first-order chi connectivity index (χ1) is 49.2. The van der Waals surface area contributed by atoms with Crippen LogP contribution in [0.25, 0.3) is 0 Å². The number of nitrogens with zero attached hydrogens (tertiary/aromatic N) is 7. The van der Waals surface area contributed by atoms with Crippen LogP contribution < -0.4 is 10.6 Å². The molecule has 0 saturated heterocycles. The summed E-state index contributed by atoms with van der Waals surface area (Å²) in [5.41, 5.74) is 0. The zero-order valence-corrected chi connectivity index (χ0v) is 69.1. The van der Waals surface area contributed by atoms with Gasteiger partial charge in [0.15, 0.2) is 0 Å². The molecule has 0 aliphatic rings. The van der Waals surface area contributed by atoms with Gasteiger partial charge in [-0.2, -0.15) is 0 Å². The van der Waals surface area contributed by atoms with Crippen LogP contribution in [0.5, 0.6) is 0 Å². The normalized spacial score (nSPS) is 12.0. The van der Waals surface area contributed by atoms with Crippen molar-refractivity contribution in [3.05, 3.63) is 49.1 Å². The molecule has 0 rings (SSSR count). The van der Waals surface area contributed by atoms with Gasteiger partial charge in [-0.15, -0.1) is 0 Å². The third-order valence-corrected chi connectivity index (χ3v) is 20.5. The van der Waals surface area contributed by atoms with Crippen LogP contribution >= 0.6 is 0 Å². The van der Waals surface area contributed by atoms with Crippen molar-refractivity contribution >= 4 is 11.8 Å². The molecule has 0 spiro atoms. The molecule has 2 N–H and O–H groups in total. The van der Waals surface area contributed by atoms with Crippen molar-refractivity contribution in [1.82, 2.24) is 44.9 Å². The number of nitrogens with one attached hydrogen (secondary N) is 2. The Morgan fingerprint density at radius 3 is 0.590 bits per heavy atom. The first kappa shape index (κ1) is 97.0. The van der Waals surface area contributed by atoms with E-state index in [1.54, 1.807) is 0 Å². The van der Waals surface area contributed by atoms with Gasteiger partial charge in [0.1, 0.15) is 0 Å². The Morgan fingerprint density at radius 1 is 0.210 bits per heavy atom. The van der Waals surface area contributed by atoms with E-state index in [4.69, 9.17) is 0 Å². The lowest BCUT2D eigenvalue weighted by molar-refractivity contribution is -0.121. The molecule has 0 aliphatic heterocycles. The van der Waals surface area contributed by atoms with Gasteiger partial charge in [-0.25, -0.2) is 0 Å². The van der Waals surface area contributed by atoms with Gasteiger partial charge in [0.2, 0.25) is 11.8 Å². The summed E-state index contributed by atoms with van der Waals surface area (Å²) < 4.78 is 0. The molecule has 0 aromatic rings. The SMILES string of the molecule is CCCCCCCCN(/C=C/CN(C/C=C/N(CCCCCCCC)CCCCCCCC)CCNC(=O)CCN(CCC)CCC(=O)NCCN(C/C=C/N(CCCCCCCC)CCCCCCCC)C/C=C/N(CCCCCCCC)CCCCCCCC)CCCCCCCC. The second-order valence-corrected chi connectivity index (χ2v) is 30.4. The Labute approximate surface area is 626 Å². The Hall–Kier alpha value is -3.02. The highest BCUT2D eigenvalue weighted by Crippen LogP contribution is 2.16. The van der Waals surface area contributed by atoms with E-state index in [-0.39, 0.29) is 11.8 Å². The predicted octanol–water partition coefficient (Wildman–Crippen LogP) is 23.5. The number of hydrogen-bond donors (Lipinski definition) is 2. The van der Waals surface area contributed by atoms with E-state index in [2.05, 4.69) is 156 Å². The van der Waals surface area contributed by atoms with Crippen LogP contribution in [-0.4, -0.2) is 170 Å².